The minimum Gasteiger partial charge on any atom is -0.389 e. The SMILES string of the molecule is C=CC1=C(C(C)O)[C@@H](C)N(C2CCC(=O)NC2=O)C1. The van der Waals surface area contributed by atoms with E-state index in [1.165, 1.54) is 0 Å². The van der Waals surface area contributed by atoms with E-state index in [2.05, 4.69) is 11.9 Å². The second kappa shape index (κ2) is 5.27. The van der Waals surface area contributed by atoms with Crippen LogP contribution in [0.1, 0.15) is 26.7 Å². The van der Waals surface area contributed by atoms with Gasteiger partial charge in [-0.3, -0.25) is 19.8 Å². The quantitative estimate of drug-likeness (QED) is 0.722. The van der Waals surface area contributed by atoms with Crippen molar-refractivity contribution in [3.8, 4) is 0 Å². The van der Waals surface area contributed by atoms with Crippen LogP contribution in [0.25, 0.3) is 0 Å². The number of hydrogen-bond donors (Lipinski definition) is 2. The second-order valence-electron chi connectivity index (χ2n) is 5.18. The molecule has 2 heterocycles. The van der Waals surface area contributed by atoms with E-state index in [1.54, 1.807) is 13.0 Å². The molecule has 5 heteroatoms. The number of aliphatic hydroxyl groups is 1. The minimum absolute atomic E-state index is 0.0167. The first-order chi connectivity index (χ1) is 8.95. The summed E-state index contributed by atoms with van der Waals surface area (Å²) >= 11 is 0. The van der Waals surface area contributed by atoms with Crippen LogP contribution in [-0.4, -0.2) is 46.6 Å². The van der Waals surface area contributed by atoms with Crippen LogP contribution in [0.5, 0.6) is 0 Å². The van der Waals surface area contributed by atoms with Crippen molar-refractivity contribution in [1.29, 1.82) is 0 Å². The Bertz CT molecular complexity index is 454. The van der Waals surface area contributed by atoms with E-state index in [0.717, 1.165) is 11.1 Å². The van der Waals surface area contributed by atoms with E-state index in [0.29, 0.717) is 19.4 Å². The molecular formula is C14H20N2O3. The molecule has 0 spiro atoms. The molecule has 0 aromatic heterocycles. The first kappa shape index (κ1) is 14.0. The molecule has 104 valence electrons. The number of imide groups is 1. The molecule has 2 aliphatic rings. The maximum absolute atomic E-state index is 11.9. The van der Waals surface area contributed by atoms with Crippen LogP contribution in [0.4, 0.5) is 0 Å². The molecule has 0 saturated carbocycles. The van der Waals surface area contributed by atoms with E-state index in [1.807, 2.05) is 11.8 Å². The maximum atomic E-state index is 11.9. The molecule has 0 aromatic rings. The fourth-order valence-electron chi connectivity index (χ4n) is 3.05. The first-order valence-corrected chi connectivity index (χ1v) is 6.58. The highest BCUT2D eigenvalue weighted by molar-refractivity contribution is 6.00. The van der Waals surface area contributed by atoms with Gasteiger partial charge in [0.05, 0.1) is 12.1 Å². The molecular weight excluding hydrogens is 244 g/mol. The molecule has 2 aliphatic heterocycles. The highest BCUT2D eigenvalue weighted by atomic mass is 16.3. The Labute approximate surface area is 113 Å². The normalized spacial score (nSPS) is 30.5. The molecule has 5 nitrogen and oxygen atoms in total. The zero-order valence-corrected chi connectivity index (χ0v) is 11.3. The standard InChI is InChI=1S/C14H20N2O3/c1-4-10-7-16(8(2)13(10)9(3)17)11-5-6-12(18)15-14(11)19/h4,8-9,11,17H,1,5-7H2,2-3H3,(H,15,18,19)/t8-,9?,11?/m1/s1. The Morgan fingerprint density at radius 2 is 2.21 bits per heavy atom. The molecule has 2 amide bonds. The summed E-state index contributed by atoms with van der Waals surface area (Å²) in [5.74, 6) is -0.445. The maximum Gasteiger partial charge on any atom is 0.243 e. The van der Waals surface area contributed by atoms with Gasteiger partial charge in [0.15, 0.2) is 0 Å². The van der Waals surface area contributed by atoms with Gasteiger partial charge in [-0.1, -0.05) is 12.7 Å². The number of piperidine rings is 1. The monoisotopic (exact) mass is 264 g/mol. The average molecular weight is 264 g/mol. The smallest absolute Gasteiger partial charge is 0.243 e. The molecule has 2 unspecified atom stereocenters. The minimum atomic E-state index is -0.554. The van der Waals surface area contributed by atoms with Crippen LogP contribution in [0.2, 0.25) is 0 Å². The average Bonchev–Trinajstić information content (AvgIpc) is 2.66. The van der Waals surface area contributed by atoms with Gasteiger partial charge in [0.1, 0.15) is 0 Å². The van der Waals surface area contributed by atoms with E-state index < -0.39 is 6.10 Å². The fraction of sp³-hybridized carbons (Fsp3) is 0.571. The summed E-state index contributed by atoms with van der Waals surface area (Å²) in [4.78, 5) is 25.1. The van der Waals surface area contributed by atoms with Crippen LogP contribution >= 0.6 is 0 Å². The number of nitrogens with one attached hydrogen (secondary N) is 1. The Hall–Kier alpha value is -1.46. The van der Waals surface area contributed by atoms with Crippen LogP contribution < -0.4 is 5.32 Å². The van der Waals surface area contributed by atoms with Gasteiger partial charge in [-0.25, -0.2) is 0 Å². The summed E-state index contributed by atoms with van der Waals surface area (Å²) in [7, 11) is 0. The number of amides is 2. The third kappa shape index (κ3) is 2.48. The van der Waals surface area contributed by atoms with E-state index >= 15 is 0 Å². The van der Waals surface area contributed by atoms with Gasteiger partial charge >= 0.3 is 0 Å². The molecule has 0 radical (unpaired) electrons. The van der Waals surface area contributed by atoms with Crippen LogP contribution in [0.15, 0.2) is 23.8 Å². The van der Waals surface area contributed by atoms with Gasteiger partial charge in [-0.05, 0) is 31.4 Å². The molecule has 0 bridgehead atoms. The van der Waals surface area contributed by atoms with E-state index in [4.69, 9.17) is 0 Å². The van der Waals surface area contributed by atoms with Gasteiger partial charge in [-0.15, -0.1) is 0 Å². The van der Waals surface area contributed by atoms with Crippen molar-refractivity contribution < 1.29 is 14.7 Å². The zero-order chi connectivity index (χ0) is 14.2. The zero-order valence-electron chi connectivity index (χ0n) is 11.3. The summed E-state index contributed by atoms with van der Waals surface area (Å²) in [6.45, 7) is 8.06. The lowest BCUT2D eigenvalue weighted by molar-refractivity contribution is -0.137. The van der Waals surface area contributed by atoms with E-state index in [9.17, 15) is 14.7 Å². The second-order valence-corrected chi connectivity index (χ2v) is 5.18. The Kier molecular flexibility index (Phi) is 3.87. The van der Waals surface area contributed by atoms with Crippen molar-refractivity contribution in [2.24, 2.45) is 0 Å². The van der Waals surface area contributed by atoms with Crippen molar-refractivity contribution in [1.82, 2.24) is 10.2 Å². The van der Waals surface area contributed by atoms with Crippen molar-refractivity contribution in [2.45, 2.75) is 44.9 Å². The molecule has 19 heavy (non-hydrogen) atoms. The molecule has 1 fully saturated rings. The number of carbonyl (C=O) groups is 2. The van der Waals surface area contributed by atoms with Crippen molar-refractivity contribution in [3.63, 3.8) is 0 Å². The van der Waals surface area contributed by atoms with Gasteiger partial charge in [0.25, 0.3) is 0 Å². The summed E-state index contributed by atoms with van der Waals surface area (Å²) in [5.41, 5.74) is 1.90. The lowest BCUT2D eigenvalue weighted by Crippen LogP contribution is -2.54. The lowest BCUT2D eigenvalue weighted by atomic mass is 9.99. The lowest BCUT2D eigenvalue weighted by Gasteiger charge is -2.34. The molecule has 0 aliphatic carbocycles. The van der Waals surface area contributed by atoms with Crippen LogP contribution in [-0.2, 0) is 9.59 Å². The van der Waals surface area contributed by atoms with Crippen molar-refractivity contribution in [2.75, 3.05) is 6.54 Å². The number of rotatable bonds is 3. The van der Waals surface area contributed by atoms with Crippen LogP contribution in [0, 0.1) is 0 Å². The largest absolute Gasteiger partial charge is 0.389 e. The van der Waals surface area contributed by atoms with Gasteiger partial charge in [0, 0.05) is 19.0 Å². The first-order valence-electron chi connectivity index (χ1n) is 6.58. The number of aliphatic hydroxyl groups excluding tert-OH is 1. The topological polar surface area (TPSA) is 69.6 Å². The highest BCUT2D eigenvalue weighted by Crippen LogP contribution is 2.31. The fourth-order valence-corrected chi connectivity index (χ4v) is 3.05. The van der Waals surface area contributed by atoms with Gasteiger partial charge < -0.3 is 5.11 Å². The molecule has 2 N–H and O–H groups in total. The molecule has 3 atom stereocenters. The predicted octanol–water partition coefficient (Wildman–Crippen LogP) is 0.359. The highest BCUT2D eigenvalue weighted by Gasteiger charge is 2.39. The van der Waals surface area contributed by atoms with Crippen molar-refractivity contribution >= 4 is 11.8 Å². The summed E-state index contributed by atoms with van der Waals surface area (Å²) in [6, 6.07) is -0.323. The number of hydrogen-bond acceptors (Lipinski definition) is 4. The van der Waals surface area contributed by atoms with E-state index in [-0.39, 0.29) is 23.9 Å². The number of nitrogens with zero attached hydrogens (tertiary/aromatic N) is 1. The number of carbonyl (C=O) groups excluding carboxylic acids is 2. The Balaban J connectivity index is 2.19. The Morgan fingerprint density at radius 1 is 1.53 bits per heavy atom. The molecule has 2 rings (SSSR count). The summed E-state index contributed by atoms with van der Waals surface area (Å²) < 4.78 is 0. The van der Waals surface area contributed by atoms with Crippen LogP contribution in [0.3, 0.4) is 0 Å². The summed E-state index contributed by atoms with van der Waals surface area (Å²) in [5, 5.41) is 12.2. The van der Waals surface area contributed by atoms with Gasteiger partial charge in [-0.2, -0.15) is 0 Å². The third-order valence-corrected chi connectivity index (χ3v) is 3.98. The molecule has 1 saturated heterocycles. The molecule has 0 aromatic carbocycles. The van der Waals surface area contributed by atoms with Crippen molar-refractivity contribution in [3.05, 3.63) is 23.8 Å². The van der Waals surface area contributed by atoms with Gasteiger partial charge in [0.2, 0.25) is 11.8 Å². The Morgan fingerprint density at radius 3 is 2.68 bits per heavy atom. The third-order valence-electron chi connectivity index (χ3n) is 3.98. The summed E-state index contributed by atoms with van der Waals surface area (Å²) in [6.07, 6.45) is 2.09. The predicted molar refractivity (Wildman–Crippen MR) is 71.2 cm³/mol.